The molecule has 0 fully saturated rings. The SMILES string of the molecule is CCCc1nc2cc(C)cnc2n1CCCOc1ccc(N)cc1. The van der Waals surface area contributed by atoms with E-state index in [2.05, 4.69) is 22.5 Å². The molecule has 0 saturated carbocycles. The second-order valence-electron chi connectivity index (χ2n) is 6.06. The molecule has 0 amide bonds. The number of anilines is 1. The van der Waals surface area contributed by atoms with E-state index in [4.69, 9.17) is 15.5 Å². The van der Waals surface area contributed by atoms with Crippen molar-refractivity contribution < 1.29 is 4.74 Å². The Hall–Kier alpha value is -2.56. The number of nitrogen functional groups attached to an aromatic ring is 1. The van der Waals surface area contributed by atoms with E-state index in [9.17, 15) is 0 Å². The zero-order valence-electron chi connectivity index (χ0n) is 14.3. The van der Waals surface area contributed by atoms with E-state index in [1.165, 1.54) is 0 Å². The molecular weight excluding hydrogens is 300 g/mol. The minimum Gasteiger partial charge on any atom is -0.494 e. The van der Waals surface area contributed by atoms with Gasteiger partial charge in [0.2, 0.25) is 0 Å². The molecule has 1 aromatic carbocycles. The molecule has 0 unspecified atom stereocenters. The van der Waals surface area contributed by atoms with Crippen LogP contribution in [0.5, 0.6) is 5.75 Å². The van der Waals surface area contributed by atoms with E-state index >= 15 is 0 Å². The topological polar surface area (TPSA) is 66.0 Å². The van der Waals surface area contributed by atoms with Crippen LogP contribution in [0.1, 0.15) is 31.2 Å². The third-order valence-corrected chi connectivity index (χ3v) is 3.95. The predicted molar refractivity (Wildman–Crippen MR) is 97.2 cm³/mol. The highest BCUT2D eigenvalue weighted by molar-refractivity contribution is 5.72. The van der Waals surface area contributed by atoms with E-state index < -0.39 is 0 Å². The molecule has 0 radical (unpaired) electrons. The van der Waals surface area contributed by atoms with Gasteiger partial charge in [0.05, 0.1) is 6.61 Å². The maximum atomic E-state index is 5.78. The number of nitrogens with two attached hydrogens (primary N) is 1. The fraction of sp³-hybridized carbons (Fsp3) is 0.368. The first-order valence-electron chi connectivity index (χ1n) is 8.47. The Balaban J connectivity index is 1.67. The molecule has 0 aliphatic carbocycles. The zero-order chi connectivity index (χ0) is 16.9. The number of hydrogen-bond donors (Lipinski definition) is 1. The summed E-state index contributed by atoms with van der Waals surface area (Å²) in [6.07, 6.45) is 4.85. The summed E-state index contributed by atoms with van der Waals surface area (Å²) in [5.74, 6) is 1.96. The number of nitrogens with zero attached hydrogens (tertiary/aromatic N) is 3. The minimum absolute atomic E-state index is 0.654. The molecular formula is C19H24N4O. The third-order valence-electron chi connectivity index (χ3n) is 3.95. The van der Waals surface area contributed by atoms with Crippen molar-refractivity contribution >= 4 is 16.9 Å². The number of rotatable bonds is 7. The van der Waals surface area contributed by atoms with Crippen LogP contribution in [0.2, 0.25) is 0 Å². The largest absolute Gasteiger partial charge is 0.494 e. The highest BCUT2D eigenvalue weighted by atomic mass is 16.5. The quantitative estimate of drug-likeness (QED) is 0.531. The molecule has 0 aliphatic rings. The summed E-state index contributed by atoms with van der Waals surface area (Å²) >= 11 is 0. The summed E-state index contributed by atoms with van der Waals surface area (Å²) in [6.45, 7) is 5.73. The summed E-state index contributed by atoms with van der Waals surface area (Å²) in [6, 6.07) is 9.60. The van der Waals surface area contributed by atoms with Crippen LogP contribution in [0.3, 0.4) is 0 Å². The standard InChI is InChI=1S/C19H24N4O/c1-3-5-18-22-17-12-14(2)13-21-19(17)23(18)10-4-11-24-16-8-6-15(20)7-9-16/h6-9,12-13H,3-5,10-11,20H2,1-2H3. The highest BCUT2D eigenvalue weighted by Crippen LogP contribution is 2.18. The van der Waals surface area contributed by atoms with Gasteiger partial charge < -0.3 is 15.0 Å². The van der Waals surface area contributed by atoms with Gasteiger partial charge in [0.25, 0.3) is 0 Å². The molecule has 0 atom stereocenters. The smallest absolute Gasteiger partial charge is 0.160 e. The van der Waals surface area contributed by atoms with Crippen molar-refractivity contribution in [3.05, 3.63) is 47.9 Å². The van der Waals surface area contributed by atoms with Gasteiger partial charge in [0.1, 0.15) is 17.1 Å². The molecule has 5 nitrogen and oxygen atoms in total. The maximum absolute atomic E-state index is 5.78. The molecule has 0 bridgehead atoms. The molecule has 3 aromatic rings. The highest BCUT2D eigenvalue weighted by Gasteiger charge is 2.11. The van der Waals surface area contributed by atoms with Gasteiger partial charge >= 0.3 is 0 Å². The van der Waals surface area contributed by atoms with Crippen molar-refractivity contribution in [1.82, 2.24) is 14.5 Å². The Labute approximate surface area is 142 Å². The van der Waals surface area contributed by atoms with Gasteiger partial charge in [-0.3, -0.25) is 0 Å². The molecule has 0 aliphatic heterocycles. The zero-order valence-corrected chi connectivity index (χ0v) is 14.3. The van der Waals surface area contributed by atoms with Crippen LogP contribution in [0, 0.1) is 6.92 Å². The first-order valence-corrected chi connectivity index (χ1v) is 8.47. The van der Waals surface area contributed by atoms with Crippen molar-refractivity contribution in [2.45, 2.75) is 39.7 Å². The van der Waals surface area contributed by atoms with Gasteiger partial charge in [-0.1, -0.05) is 6.92 Å². The Bertz CT molecular complexity index is 808. The Morgan fingerprint density at radius 2 is 2.00 bits per heavy atom. The van der Waals surface area contributed by atoms with E-state index in [0.29, 0.717) is 6.61 Å². The average molecular weight is 324 g/mol. The Morgan fingerprint density at radius 3 is 2.75 bits per heavy atom. The maximum Gasteiger partial charge on any atom is 0.160 e. The van der Waals surface area contributed by atoms with Gasteiger partial charge in [-0.2, -0.15) is 0 Å². The fourth-order valence-corrected chi connectivity index (χ4v) is 2.78. The second-order valence-corrected chi connectivity index (χ2v) is 6.06. The molecule has 2 N–H and O–H groups in total. The van der Waals surface area contributed by atoms with Crippen LogP contribution < -0.4 is 10.5 Å². The molecule has 24 heavy (non-hydrogen) atoms. The number of aryl methyl sites for hydroxylation is 3. The van der Waals surface area contributed by atoms with Gasteiger partial charge in [-0.15, -0.1) is 0 Å². The first kappa shape index (κ1) is 16.3. The first-order chi connectivity index (χ1) is 11.7. The number of hydrogen-bond acceptors (Lipinski definition) is 4. The summed E-state index contributed by atoms with van der Waals surface area (Å²) < 4.78 is 8.01. The minimum atomic E-state index is 0.654. The van der Waals surface area contributed by atoms with Crippen LogP contribution in [0.25, 0.3) is 11.2 Å². The average Bonchev–Trinajstić information content (AvgIpc) is 2.90. The summed E-state index contributed by atoms with van der Waals surface area (Å²) in [4.78, 5) is 9.33. The summed E-state index contributed by atoms with van der Waals surface area (Å²) in [5, 5.41) is 0. The summed E-state index contributed by atoms with van der Waals surface area (Å²) in [5.41, 5.74) is 9.52. The van der Waals surface area contributed by atoms with Gasteiger partial charge in [0, 0.05) is 24.8 Å². The monoisotopic (exact) mass is 324 g/mol. The van der Waals surface area contributed by atoms with E-state index in [0.717, 1.165) is 59.8 Å². The molecule has 3 rings (SSSR count). The normalized spacial score (nSPS) is 11.1. The fourth-order valence-electron chi connectivity index (χ4n) is 2.78. The van der Waals surface area contributed by atoms with Gasteiger partial charge in [0.15, 0.2) is 5.65 Å². The van der Waals surface area contributed by atoms with E-state index in [1.54, 1.807) is 0 Å². The van der Waals surface area contributed by atoms with Crippen molar-refractivity contribution in [2.75, 3.05) is 12.3 Å². The van der Waals surface area contributed by atoms with E-state index in [-0.39, 0.29) is 0 Å². The van der Waals surface area contributed by atoms with Crippen molar-refractivity contribution in [3.63, 3.8) is 0 Å². The molecule has 2 aromatic heterocycles. The molecule has 2 heterocycles. The lowest BCUT2D eigenvalue weighted by molar-refractivity contribution is 0.301. The number of ether oxygens (including phenoxy) is 1. The molecule has 5 heteroatoms. The van der Waals surface area contributed by atoms with E-state index in [1.807, 2.05) is 37.4 Å². The van der Waals surface area contributed by atoms with Crippen LogP contribution in [-0.2, 0) is 13.0 Å². The second kappa shape index (κ2) is 7.34. The lowest BCUT2D eigenvalue weighted by Gasteiger charge is -2.10. The lowest BCUT2D eigenvalue weighted by Crippen LogP contribution is -2.08. The van der Waals surface area contributed by atoms with Crippen molar-refractivity contribution in [2.24, 2.45) is 0 Å². The number of fused-ring (bicyclic) bond motifs is 1. The molecule has 126 valence electrons. The van der Waals surface area contributed by atoms with Gasteiger partial charge in [-0.05, 0) is 55.7 Å². The molecule has 0 spiro atoms. The predicted octanol–water partition coefficient (Wildman–Crippen LogP) is 3.74. The van der Waals surface area contributed by atoms with Crippen LogP contribution in [0.4, 0.5) is 5.69 Å². The van der Waals surface area contributed by atoms with Crippen molar-refractivity contribution in [1.29, 1.82) is 0 Å². The summed E-state index contributed by atoms with van der Waals surface area (Å²) in [7, 11) is 0. The van der Waals surface area contributed by atoms with Crippen LogP contribution in [0.15, 0.2) is 36.5 Å². The van der Waals surface area contributed by atoms with Crippen LogP contribution in [-0.4, -0.2) is 21.1 Å². The lowest BCUT2D eigenvalue weighted by atomic mass is 10.3. The third kappa shape index (κ3) is 3.67. The van der Waals surface area contributed by atoms with Crippen molar-refractivity contribution in [3.8, 4) is 5.75 Å². The number of benzene rings is 1. The number of aromatic nitrogens is 3. The number of imidazole rings is 1. The Morgan fingerprint density at radius 1 is 1.21 bits per heavy atom. The van der Waals surface area contributed by atoms with Crippen LogP contribution >= 0.6 is 0 Å². The molecule has 0 saturated heterocycles. The van der Waals surface area contributed by atoms with Gasteiger partial charge in [-0.25, -0.2) is 9.97 Å². The number of pyridine rings is 1. The Kier molecular flexibility index (Phi) is 4.99.